The van der Waals surface area contributed by atoms with E-state index < -0.39 is 21.7 Å². The van der Waals surface area contributed by atoms with Crippen molar-refractivity contribution < 1.29 is 17.2 Å². The van der Waals surface area contributed by atoms with Gasteiger partial charge in [-0.25, -0.2) is 17.2 Å². The van der Waals surface area contributed by atoms with Crippen molar-refractivity contribution in [3.05, 3.63) is 54.1 Å². The molecule has 0 heterocycles. The fourth-order valence-corrected chi connectivity index (χ4v) is 2.86. The maximum absolute atomic E-state index is 13.0. The third-order valence-electron chi connectivity index (χ3n) is 2.45. The van der Waals surface area contributed by atoms with Crippen molar-refractivity contribution in [3.63, 3.8) is 0 Å². The number of benzene rings is 2. The molecule has 2 aromatic carbocycles. The van der Waals surface area contributed by atoms with Crippen molar-refractivity contribution in [2.24, 2.45) is 5.84 Å². The van der Waals surface area contributed by atoms with Crippen LogP contribution in [-0.2, 0) is 10.0 Å². The van der Waals surface area contributed by atoms with E-state index >= 15 is 0 Å². The molecule has 0 aliphatic heterocycles. The van der Waals surface area contributed by atoms with E-state index in [9.17, 15) is 17.2 Å². The molecule has 0 amide bonds. The Hall–Kier alpha value is -2.19. The average Bonchev–Trinajstić information content (AvgIpc) is 2.36. The Morgan fingerprint density at radius 2 is 1.60 bits per heavy atom. The maximum atomic E-state index is 13.0. The Labute approximate surface area is 114 Å². The topological polar surface area (TPSA) is 84.2 Å². The van der Waals surface area contributed by atoms with Crippen molar-refractivity contribution in [1.29, 1.82) is 0 Å². The monoisotopic (exact) mass is 299 g/mol. The zero-order valence-corrected chi connectivity index (χ0v) is 10.9. The standard InChI is InChI=1S/C12H11F2N3O2S/c13-8-5-9(14)7-10(6-8)17-20(18,19)12-4-2-1-3-11(12)16-15/h1-7,16-17H,15H2. The molecule has 0 unspecified atom stereocenters. The Morgan fingerprint density at radius 1 is 1.00 bits per heavy atom. The van der Waals surface area contributed by atoms with Gasteiger partial charge in [-0.2, -0.15) is 0 Å². The number of hydrogen-bond acceptors (Lipinski definition) is 4. The van der Waals surface area contributed by atoms with Gasteiger partial charge in [-0.1, -0.05) is 12.1 Å². The average molecular weight is 299 g/mol. The van der Waals surface area contributed by atoms with Crippen molar-refractivity contribution >= 4 is 21.4 Å². The molecule has 0 radical (unpaired) electrons. The zero-order valence-electron chi connectivity index (χ0n) is 10.1. The van der Waals surface area contributed by atoms with Gasteiger partial charge in [0.2, 0.25) is 0 Å². The third-order valence-corrected chi connectivity index (χ3v) is 3.89. The van der Waals surface area contributed by atoms with Gasteiger partial charge in [-0.15, -0.1) is 0 Å². The van der Waals surface area contributed by atoms with Crippen LogP contribution in [0.5, 0.6) is 0 Å². The quantitative estimate of drug-likeness (QED) is 0.596. The van der Waals surface area contributed by atoms with Crippen LogP contribution < -0.4 is 16.0 Å². The molecule has 0 aromatic heterocycles. The minimum atomic E-state index is -4.02. The molecule has 4 N–H and O–H groups in total. The van der Waals surface area contributed by atoms with E-state index in [1.54, 1.807) is 6.07 Å². The second kappa shape index (κ2) is 5.43. The Kier molecular flexibility index (Phi) is 3.86. The summed E-state index contributed by atoms with van der Waals surface area (Å²) in [5.74, 6) is 3.46. The highest BCUT2D eigenvalue weighted by molar-refractivity contribution is 7.92. The first-order valence-electron chi connectivity index (χ1n) is 5.47. The number of anilines is 2. The van der Waals surface area contributed by atoms with E-state index in [-0.39, 0.29) is 16.3 Å². The first kappa shape index (κ1) is 14.2. The summed E-state index contributed by atoms with van der Waals surface area (Å²) in [5.41, 5.74) is 2.19. The molecule has 0 atom stereocenters. The molecular formula is C12H11F2N3O2S. The largest absolute Gasteiger partial charge is 0.323 e. The smallest absolute Gasteiger partial charge is 0.264 e. The number of sulfonamides is 1. The number of hydrogen-bond donors (Lipinski definition) is 3. The highest BCUT2D eigenvalue weighted by atomic mass is 32.2. The van der Waals surface area contributed by atoms with Crippen LogP contribution >= 0.6 is 0 Å². The van der Waals surface area contributed by atoms with E-state index in [0.717, 1.165) is 12.1 Å². The molecule has 2 rings (SSSR count). The minimum Gasteiger partial charge on any atom is -0.323 e. The van der Waals surface area contributed by atoms with Gasteiger partial charge in [0.1, 0.15) is 16.5 Å². The number of hydrazine groups is 1. The SMILES string of the molecule is NNc1ccccc1S(=O)(=O)Nc1cc(F)cc(F)c1. The number of para-hydroxylation sites is 1. The van der Waals surface area contributed by atoms with E-state index in [4.69, 9.17) is 5.84 Å². The van der Waals surface area contributed by atoms with E-state index in [0.29, 0.717) is 6.07 Å². The number of nitrogens with one attached hydrogen (secondary N) is 2. The summed E-state index contributed by atoms with van der Waals surface area (Å²) in [4.78, 5) is -0.132. The van der Waals surface area contributed by atoms with Gasteiger partial charge in [0.05, 0.1) is 11.4 Å². The summed E-state index contributed by atoms with van der Waals surface area (Å²) >= 11 is 0. The fourth-order valence-electron chi connectivity index (χ4n) is 1.64. The fraction of sp³-hybridized carbons (Fsp3) is 0. The van der Waals surface area contributed by atoms with Crippen LogP contribution in [-0.4, -0.2) is 8.42 Å². The van der Waals surface area contributed by atoms with Crippen LogP contribution in [0.3, 0.4) is 0 Å². The second-order valence-corrected chi connectivity index (χ2v) is 5.55. The van der Waals surface area contributed by atoms with E-state index in [1.807, 2.05) is 0 Å². The Balaban J connectivity index is 2.41. The van der Waals surface area contributed by atoms with Gasteiger partial charge in [-0.05, 0) is 24.3 Å². The molecule has 20 heavy (non-hydrogen) atoms. The van der Waals surface area contributed by atoms with Gasteiger partial charge >= 0.3 is 0 Å². The van der Waals surface area contributed by atoms with Crippen molar-refractivity contribution in [3.8, 4) is 0 Å². The summed E-state index contributed by atoms with van der Waals surface area (Å²) in [5, 5.41) is 0. The van der Waals surface area contributed by atoms with Crippen LogP contribution in [0.15, 0.2) is 47.4 Å². The van der Waals surface area contributed by atoms with Crippen LogP contribution in [0.2, 0.25) is 0 Å². The summed E-state index contributed by atoms with van der Waals surface area (Å²) in [6, 6.07) is 8.26. The predicted octanol–water partition coefficient (Wildman–Crippen LogP) is 2.05. The van der Waals surface area contributed by atoms with Gasteiger partial charge < -0.3 is 5.43 Å². The molecule has 2 aromatic rings. The van der Waals surface area contributed by atoms with Crippen molar-refractivity contribution in [1.82, 2.24) is 0 Å². The normalized spacial score (nSPS) is 11.2. The van der Waals surface area contributed by atoms with Crippen LogP contribution in [0.4, 0.5) is 20.2 Å². The molecule has 8 heteroatoms. The first-order valence-corrected chi connectivity index (χ1v) is 6.95. The Bertz CT molecular complexity index is 715. The van der Waals surface area contributed by atoms with Gasteiger partial charge in [0.15, 0.2) is 0 Å². The predicted molar refractivity (Wildman–Crippen MR) is 71.4 cm³/mol. The number of nitrogen functional groups attached to an aromatic ring is 1. The lowest BCUT2D eigenvalue weighted by Gasteiger charge is -2.11. The van der Waals surface area contributed by atoms with Gasteiger partial charge in [0, 0.05) is 6.07 Å². The number of rotatable bonds is 4. The molecule has 0 saturated heterocycles. The number of halogens is 2. The highest BCUT2D eigenvalue weighted by Crippen LogP contribution is 2.23. The van der Waals surface area contributed by atoms with Crippen LogP contribution in [0.25, 0.3) is 0 Å². The first-order chi connectivity index (χ1) is 9.42. The zero-order chi connectivity index (χ0) is 14.8. The van der Waals surface area contributed by atoms with E-state index in [2.05, 4.69) is 10.1 Å². The molecule has 0 fully saturated rings. The lowest BCUT2D eigenvalue weighted by Crippen LogP contribution is -2.17. The van der Waals surface area contributed by atoms with Gasteiger partial charge in [-0.3, -0.25) is 10.6 Å². The maximum Gasteiger partial charge on any atom is 0.264 e. The summed E-state index contributed by atoms with van der Waals surface area (Å²) in [6.45, 7) is 0. The molecule has 106 valence electrons. The minimum absolute atomic E-state index is 0.132. The molecule has 0 aliphatic rings. The highest BCUT2D eigenvalue weighted by Gasteiger charge is 2.18. The Morgan fingerprint density at radius 3 is 2.20 bits per heavy atom. The van der Waals surface area contributed by atoms with Crippen molar-refractivity contribution in [2.75, 3.05) is 10.1 Å². The van der Waals surface area contributed by atoms with Crippen LogP contribution in [0.1, 0.15) is 0 Å². The van der Waals surface area contributed by atoms with Crippen molar-refractivity contribution in [2.45, 2.75) is 4.90 Å². The lowest BCUT2D eigenvalue weighted by molar-refractivity contribution is 0.584. The summed E-state index contributed by atoms with van der Waals surface area (Å²) < 4.78 is 52.5. The summed E-state index contributed by atoms with van der Waals surface area (Å²) in [7, 11) is -4.02. The molecule has 0 saturated carbocycles. The lowest BCUT2D eigenvalue weighted by atomic mass is 10.3. The second-order valence-electron chi connectivity index (χ2n) is 3.90. The van der Waals surface area contributed by atoms with E-state index in [1.165, 1.54) is 18.2 Å². The molecule has 0 bridgehead atoms. The molecule has 0 spiro atoms. The van der Waals surface area contributed by atoms with Gasteiger partial charge in [0.25, 0.3) is 10.0 Å². The molecular weight excluding hydrogens is 288 g/mol. The third kappa shape index (κ3) is 3.03. The number of nitrogens with two attached hydrogens (primary N) is 1. The summed E-state index contributed by atoms with van der Waals surface area (Å²) in [6.07, 6.45) is 0. The molecule has 0 aliphatic carbocycles. The van der Waals surface area contributed by atoms with Crippen LogP contribution in [0, 0.1) is 11.6 Å². The molecule has 5 nitrogen and oxygen atoms in total.